The van der Waals surface area contributed by atoms with Gasteiger partial charge in [-0.1, -0.05) is 54.6 Å². The fourth-order valence-corrected chi connectivity index (χ4v) is 2.74. The van der Waals surface area contributed by atoms with Crippen LogP contribution in [0.15, 0.2) is 48.6 Å². The first kappa shape index (κ1) is 9.72. The van der Waals surface area contributed by atoms with Gasteiger partial charge in [-0.3, -0.25) is 0 Å². The van der Waals surface area contributed by atoms with E-state index in [4.69, 9.17) is 0 Å². The maximum atomic E-state index is 3.56. The molecule has 1 aliphatic rings. The van der Waals surface area contributed by atoms with Crippen molar-refractivity contribution in [1.29, 1.82) is 0 Å². The Morgan fingerprint density at radius 1 is 0.833 bits per heavy atom. The molecule has 0 unspecified atom stereocenters. The molecule has 1 aliphatic carbocycles. The Morgan fingerprint density at radius 3 is 2.72 bits per heavy atom. The molecule has 0 saturated heterocycles. The second-order valence-corrected chi connectivity index (χ2v) is 4.70. The third kappa shape index (κ3) is 1.28. The Kier molecular flexibility index (Phi) is 1.95. The minimum absolute atomic E-state index is 1.01. The third-order valence-electron chi connectivity index (χ3n) is 3.61. The average Bonchev–Trinajstić information content (AvgIpc) is 2.61. The largest absolute Gasteiger partial charge is 0.354 e. The van der Waals surface area contributed by atoms with E-state index in [2.05, 4.69) is 65.7 Å². The van der Waals surface area contributed by atoms with Crippen molar-refractivity contribution in [1.82, 2.24) is 4.98 Å². The SMILES string of the molecule is C1=Cc2[nH]c3c(ccc4ccccc43)c2C=CC1. The third-order valence-corrected chi connectivity index (χ3v) is 3.61. The van der Waals surface area contributed by atoms with Gasteiger partial charge < -0.3 is 4.98 Å². The molecule has 1 nitrogen and oxygen atoms in total. The van der Waals surface area contributed by atoms with E-state index >= 15 is 0 Å². The van der Waals surface area contributed by atoms with E-state index in [-0.39, 0.29) is 0 Å². The lowest BCUT2D eigenvalue weighted by atomic mass is 10.0. The molecule has 86 valence electrons. The summed E-state index contributed by atoms with van der Waals surface area (Å²) in [6, 6.07) is 12.9. The van der Waals surface area contributed by atoms with E-state index in [0.717, 1.165) is 6.42 Å². The van der Waals surface area contributed by atoms with E-state index in [1.54, 1.807) is 0 Å². The number of hydrogen-bond donors (Lipinski definition) is 1. The van der Waals surface area contributed by atoms with Crippen LogP contribution in [0.25, 0.3) is 33.8 Å². The molecule has 0 aliphatic heterocycles. The fourth-order valence-electron chi connectivity index (χ4n) is 2.74. The van der Waals surface area contributed by atoms with Crippen LogP contribution in [0.4, 0.5) is 0 Å². The molecule has 0 amide bonds. The van der Waals surface area contributed by atoms with Crippen molar-refractivity contribution in [2.45, 2.75) is 6.42 Å². The number of aromatic nitrogens is 1. The molecule has 3 aromatic rings. The van der Waals surface area contributed by atoms with Crippen LogP contribution < -0.4 is 0 Å². The molecule has 1 heteroatoms. The molecule has 0 saturated carbocycles. The summed E-state index contributed by atoms with van der Waals surface area (Å²) < 4.78 is 0. The standard InChI is InChI=1S/C17H13N/c1-2-8-14-15-11-10-12-6-4-5-7-13(12)17(15)18-16(14)9-3-1/h2-11,18H,1H2. The fraction of sp³-hybridized carbons (Fsp3) is 0.0588. The summed E-state index contributed by atoms with van der Waals surface area (Å²) in [6.45, 7) is 0. The van der Waals surface area contributed by atoms with Gasteiger partial charge in [-0.25, -0.2) is 0 Å². The maximum absolute atomic E-state index is 3.56. The zero-order chi connectivity index (χ0) is 11.9. The number of hydrogen-bond acceptors (Lipinski definition) is 0. The van der Waals surface area contributed by atoms with Gasteiger partial charge in [-0.05, 0) is 17.9 Å². The second kappa shape index (κ2) is 3.61. The average molecular weight is 231 g/mol. The smallest absolute Gasteiger partial charge is 0.0544 e. The maximum Gasteiger partial charge on any atom is 0.0544 e. The summed E-state index contributed by atoms with van der Waals surface area (Å²) in [5.41, 5.74) is 3.77. The van der Waals surface area contributed by atoms with Gasteiger partial charge in [0.2, 0.25) is 0 Å². The number of nitrogens with one attached hydrogen (secondary N) is 1. The number of allylic oxidation sites excluding steroid dienone is 2. The van der Waals surface area contributed by atoms with Crippen molar-refractivity contribution in [3.05, 3.63) is 59.8 Å². The van der Waals surface area contributed by atoms with Gasteiger partial charge in [0.05, 0.1) is 5.52 Å². The van der Waals surface area contributed by atoms with Gasteiger partial charge in [-0.15, -0.1) is 0 Å². The molecule has 0 spiro atoms. The lowest BCUT2D eigenvalue weighted by Crippen LogP contribution is -1.75. The first-order chi connectivity index (χ1) is 8.93. The lowest BCUT2D eigenvalue weighted by molar-refractivity contribution is 1.41. The normalized spacial score (nSPS) is 14.0. The van der Waals surface area contributed by atoms with Crippen LogP contribution in [0.5, 0.6) is 0 Å². The topological polar surface area (TPSA) is 15.8 Å². The highest BCUT2D eigenvalue weighted by Gasteiger charge is 2.10. The zero-order valence-electron chi connectivity index (χ0n) is 9.98. The first-order valence-corrected chi connectivity index (χ1v) is 6.30. The Balaban J connectivity index is 2.19. The van der Waals surface area contributed by atoms with Crippen molar-refractivity contribution in [3.8, 4) is 0 Å². The molecule has 18 heavy (non-hydrogen) atoms. The Bertz CT molecular complexity index is 803. The minimum Gasteiger partial charge on any atom is -0.354 e. The zero-order valence-corrected chi connectivity index (χ0v) is 9.98. The Hall–Kier alpha value is -2.28. The second-order valence-electron chi connectivity index (χ2n) is 4.70. The quantitative estimate of drug-likeness (QED) is 0.574. The lowest BCUT2D eigenvalue weighted by Gasteiger charge is -1.99. The highest BCUT2D eigenvalue weighted by atomic mass is 14.7. The molecule has 0 atom stereocenters. The van der Waals surface area contributed by atoms with Crippen LogP contribution in [0.3, 0.4) is 0 Å². The Labute approximate surface area is 105 Å². The first-order valence-electron chi connectivity index (χ1n) is 6.30. The summed E-state index contributed by atoms with van der Waals surface area (Å²) in [5.74, 6) is 0. The molecule has 2 aromatic carbocycles. The predicted octanol–water partition coefficient (Wildman–Crippen LogP) is 4.75. The number of H-pyrrole nitrogens is 1. The molecule has 1 heterocycles. The molecule has 1 N–H and O–H groups in total. The van der Waals surface area contributed by atoms with E-state index < -0.39 is 0 Å². The molecular weight excluding hydrogens is 218 g/mol. The van der Waals surface area contributed by atoms with Gasteiger partial charge in [0.25, 0.3) is 0 Å². The van der Waals surface area contributed by atoms with Crippen molar-refractivity contribution in [3.63, 3.8) is 0 Å². The molecule has 1 aromatic heterocycles. The number of fused-ring (bicyclic) bond motifs is 5. The van der Waals surface area contributed by atoms with Gasteiger partial charge in [0.1, 0.15) is 0 Å². The molecule has 0 fully saturated rings. The number of benzene rings is 2. The van der Waals surface area contributed by atoms with Gasteiger partial charge >= 0.3 is 0 Å². The minimum atomic E-state index is 1.01. The van der Waals surface area contributed by atoms with Crippen molar-refractivity contribution < 1.29 is 0 Å². The molecule has 0 bridgehead atoms. The summed E-state index contributed by atoms with van der Waals surface area (Å²) in [4.78, 5) is 3.56. The number of aromatic amines is 1. The summed E-state index contributed by atoms with van der Waals surface area (Å²) in [6.07, 6.45) is 9.83. The van der Waals surface area contributed by atoms with Crippen LogP contribution in [0.2, 0.25) is 0 Å². The van der Waals surface area contributed by atoms with Crippen molar-refractivity contribution in [2.24, 2.45) is 0 Å². The summed E-state index contributed by atoms with van der Waals surface area (Å²) in [7, 11) is 0. The molecule has 4 rings (SSSR count). The molecule has 0 radical (unpaired) electrons. The van der Waals surface area contributed by atoms with E-state index in [1.165, 1.54) is 32.9 Å². The van der Waals surface area contributed by atoms with Gasteiger partial charge in [0.15, 0.2) is 0 Å². The van der Waals surface area contributed by atoms with Crippen molar-refractivity contribution in [2.75, 3.05) is 0 Å². The van der Waals surface area contributed by atoms with Crippen molar-refractivity contribution >= 4 is 33.8 Å². The van der Waals surface area contributed by atoms with Gasteiger partial charge in [-0.2, -0.15) is 0 Å². The van der Waals surface area contributed by atoms with Crippen LogP contribution >= 0.6 is 0 Å². The van der Waals surface area contributed by atoms with Crippen LogP contribution in [-0.4, -0.2) is 4.98 Å². The monoisotopic (exact) mass is 231 g/mol. The van der Waals surface area contributed by atoms with Crippen LogP contribution in [-0.2, 0) is 0 Å². The number of rotatable bonds is 0. The van der Waals surface area contributed by atoms with Crippen LogP contribution in [0, 0.1) is 0 Å². The Morgan fingerprint density at radius 2 is 1.72 bits per heavy atom. The highest BCUT2D eigenvalue weighted by molar-refractivity contribution is 6.09. The van der Waals surface area contributed by atoms with E-state index in [0.29, 0.717) is 0 Å². The van der Waals surface area contributed by atoms with Gasteiger partial charge in [0, 0.05) is 22.0 Å². The summed E-state index contributed by atoms with van der Waals surface area (Å²) in [5, 5.41) is 3.89. The molecular formula is C17H13N. The van der Waals surface area contributed by atoms with Crippen LogP contribution in [0.1, 0.15) is 17.7 Å². The van der Waals surface area contributed by atoms with E-state index in [1.807, 2.05) is 0 Å². The highest BCUT2D eigenvalue weighted by Crippen LogP contribution is 2.31. The van der Waals surface area contributed by atoms with E-state index in [9.17, 15) is 0 Å². The summed E-state index contributed by atoms with van der Waals surface area (Å²) >= 11 is 0. The predicted molar refractivity (Wildman–Crippen MR) is 78.5 cm³/mol.